The second-order valence-electron chi connectivity index (χ2n) is 5.72. The molecule has 0 saturated carbocycles. The molecule has 0 aromatic heterocycles. The van der Waals surface area contributed by atoms with Gasteiger partial charge in [0.25, 0.3) is 0 Å². The van der Waals surface area contributed by atoms with Crippen LogP contribution in [0.2, 0.25) is 0 Å². The molecule has 114 valence electrons. The molecule has 2 heteroatoms. The molecule has 4 aromatic carbocycles. The summed E-state index contributed by atoms with van der Waals surface area (Å²) in [5, 5.41) is 3.84. The van der Waals surface area contributed by atoms with Crippen LogP contribution in [-0.4, -0.2) is 11.6 Å². The van der Waals surface area contributed by atoms with Gasteiger partial charge in [-0.2, -0.15) is 0 Å². The Morgan fingerprint density at radius 2 is 1.12 bits per heavy atom. The lowest BCUT2D eigenvalue weighted by molar-refractivity contribution is 0.0818. The highest BCUT2D eigenvalue weighted by molar-refractivity contribution is 6.51. The number of fused-ring (bicyclic) bond motifs is 3. The van der Waals surface area contributed by atoms with E-state index in [-0.39, 0.29) is 0 Å². The number of Topliss-reactive ketones (excluding diaryl/α,β-unsaturated/α-hetero) is 2. The van der Waals surface area contributed by atoms with Gasteiger partial charge in [-0.3, -0.25) is 9.59 Å². The predicted molar refractivity (Wildman–Crippen MR) is 96.6 cm³/mol. The Hall–Kier alpha value is -3.26. The maximum absolute atomic E-state index is 12.9. The minimum absolute atomic E-state index is 0.416. The number of carbonyl (C=O) groups excluding carboxylic acids is 2. The van der Waals surface area contributed by atoms with Gasteiger partial charge in [0, 0.05) is 11.1 Å². The van der Waals surface area contributed by atoms with Crippen molar-refractivity contribution in [3.05, 3.63) is 96.1 Å². The van der Waals surface area contributed by atoms with Crippen LogP contribution in [0.1, 0.15) is 20.7 Å². The summed E-state index contributed by atoms with van der Waals surface area (Å²) in [4.78, 5) is 25.4. The third-order valence-electron chi connectivity index (χ3n) is 4.25. The van der Waals surface area contributed by atoms with Crippen molar-refractivity contribution in [3.8, 4) is 0 Å². The van der Waals surface area contributed by atoms with Gasteiger partial charge in [-0.1, -0.05) is 78.9 Å². The summed E-state index contributed by atoms with van der Waals surface area (Å²) in [5.41, 5.74) is 0.873. The third kappa shape index (κ3) is 2.29. The molecular weight excluding hydrogens is 296 g/mol. The number of benzene rings is 4. The van der Waals surface area contributed by atoms with Gasteiger partial charge >= 0.3 is 0 Å². The molecule has 0 aliphatic rings. The minimum atomic E-state index is -0.476. The normalized spacial score (nSPS) is 10.8. The zero-order valence-electron chi connectivity index (χ0n) is 12.9. The van der Waals surface area contributed by atoms with Gasteiger partial charge in [0.15, 0.2) is 0 Å². The smallest absolute Gasteiger partial charge is 0.234 e. The van der Waals surface area contributed by atoms with E-state index in [1.165, 1.54) is 0 Å². The molecule has 0 heterocycles. The average Bonchev–Trinajstić information content (AvgIpc) is 2.67. The predicted octanol–water partition coefficient (Wildman–Crippen LogP) is 5.06. The standard InChI is InChI=1S/C22H14O2/c23-21(15-8-2-1-3-9-15)22(24)20-14-16-10-4-5-11-17(16)18-12-6-7-13-19(18)20/h1-14H. The molecule has 0 aliphatic carbocycles. The Balaban J connectivity index is 1.95. The van der Waals surface area contributed by atoms with E-state index in [0.29, 0.717) is 11.1 Å². The van der Waals surface area contributed by atoms with Crippen molar-refractivity contribution in [3.63, 3.8) is 0 Å². The lowest BCUT2D eigenvalue weighted by Gasteiger charge is -2.09. The first-order valence-corrected chi connectivity index (χ1v) is 7.80. The number of ketones is 2. The second-order valence-corrected chi connectivity index (χ2v) is 5.72. The Kier molecular flexibility index (Phi) is 3.43. The van der Waals surface area contributed by atoms with Gasteiger partial charge in [0.1, 0.15) is 0 Å². The van der Waals surface area contributed by atoms with Crippen molar-refractivity contribution in [1.82, 2.24) is 0 Å². The molecule has 4 aromatic rings. The average molecular weight is 310 g/mol. The molecule has 0 saturated heterocycles. The second kappa shape index (κ2) is 5.74. The van der Waals surface area contributed by atoms with E-state index in [4.69, 9.17) is 0 Å². The van der Waals surface area contributed by atoms with Crippen LogP contribution in [-0.2, 0) is 0 Å². The van der Waals surface area contributed by atoms with E-state index in [1.54, 1.807) is 24.3 Å². The molecule has 2 nitrogen and oxygen atoms in total. The van der Waals surface area contributed by atoms with E-state index in [2.05, 4.69) is 0 Å². The summed E-state index contributed by atoms with van der Waals surface area (Å²) in [6, 6.07) is 26.1. The largest absolute Gasteiger partial charge is 0.285 e. The van der Waals surface area contributed by atoms with Crippen LogP contribution in [0.5, 0.6) is 0 Å². The van der Waals surface area contributed by atoms with Gasteiger partial charge in [0.05, 0.1) is 0 Å². The topological polar surface area (TPSA) is 34.1 Å². The summed E-state index contributed by atoms with van der Waals surface area (Å²) in [5.74, 6) is -0.945. The highest BCUT2D eigenvalue weighted by atomic mass is 16.2. The Labute approximate surface area is 139 Å². The van der Waals surface area contributed by atoms with E-state index in [0.717, 1.165) is 21.5 Å². The highest BCUT2D eigenvalue weighted by Crippen LogP contribution is 2.29. The van der Waals surface area contributed by atoms with Crippen molar-refractivity contribution in [1.29, 1.82) is 0 Å². The summed E-state index contributed by atoms with van der Waals surface area (Å²) in [6.45, 7) is 0. The maximum Gasteiger partial charge on any atom is 0.234 e. The molecular formula is C22H14O2. The number of rotatable bonds is 3. The van der Waals surface area contributed by atoms with Crippen LogP contribution < -0.4 is 0 Å². The zero-order chi connectivity index (χ0) is 16.5. The molecule has 0 radical (unpaired) electrons. The third-order valence-corrected chi connectivity index (χ3v) is 4.25. The lowest BCUT2D eigenvalue weighted by atomic mass is 9.92. The lowest BCUT2D eigenvalue weighted by Crippen LogP contribution is -2.14. The van der Waals surface area contributed by atoms with Gasteiger partial charge in [-0.15, -0.1) is 0 Å². The van der Waals surface area contributed by atoms with Gasteiger partial charge in [-0.05, 0) is 27.6 Å². The first kappa shape index (κ1) is 14.3. The minimum Gasteiger partial charge on any atom is -0.285 e. The molecule has 0 unspecified atom stereocenters. The number of carbonyl (C=O) groups is 2. The SMILES string of the molecule is O=C(C(=O)c1cc2ccccc2c2ccccc12)c1ccccc1. The maximum atomic E-state index is 12.9. The molecule has 0 amide bonds. The molecule has 0 atom stereocenters. The van der Waals surface area contributed by atoms with Crippen LogP contribution in [0, 0.1) is 0 Å². The molecule has 0 aliphatic heterocycles. The Morgan fingerprint density at radius 3 is 1.88 bits per heavy atom. The fraction of sp³-hybridized carbons (Fsp3) is 0. The highest BCUT2D eigenvalue weighted by Gasteiger charge is 2.21. The first-order valence-electron chi connectivity index (χ1n) is 7.80. The summed E-state index contributed by atoms with van der Waals surface area (Å²) in [6.07, 6.45) is 0. The van der Waals surface area contributed by atoms with Crippen LogP contribution in [0.25, 0.3) is 21.5 Å². The van der Waals surface area contributed by atoms with Crippen LogP contribution in [0.4, 0.5) is 0 Å². The molecule has 24 heavy (non-hydrogen) atoms. The summed E-state index contributed by atoms with van der Waals surface area (Å²) >= 11 is 0. The Bertz CT molecular complexity index is 1080. The molecule has 0 bridgehead atoms. The van der Waals surface area contributed by atoms with Crippen LogP contribution >= 0.6 is 0 Å². The van der Waals surface area contributed by atoms with Gasteiger partial charge in [0.2, 0.25) is 11.6 Å². The summed E-state index contributed by atoms with van der Waals surface area (Å²) < 4.78 is 0. The van der Waals surface area contributed by atoms with Crippen molar-refractivity contribution < 1.29 is 9.59 Å². The van der Waals surface area contributed by atoms with E-state index in [9.17, 15) is 9.59 Å². The first-order chi connectivity index (χ1) is 11.8. The molecule has 4 rings (SSSR count). The van der Waals surface area contributed by atoms with Gasteiger partial charge < -0.3 is 0 Å². The van der Waals surface area contributed by atoms with Crippen LogP contribution in [0.15, 0.2) is 84.9 Å². The van der Waals surface area contributed by atoms with Crippen molar-refractivity contribution in [2.45, 2.75) is 0 Å². The van der Waals surface area contributed by atoms with Crippen LogP contribution in [0.3, 0.4) is 0 Å². The molecule has 0 N–H and O–H groups in total. The van der Waals surface area contributed by atoms with Crippen molar-refractivity contribution in [2.24, 2.45) is 0 Å². The van der Waals surface area contributed by atoms with Crippen molar-refractivity contribution in [2.75, 3.05) is 0 Å². The van der Waals surface area contributed by atoms with E-state index < -0.39 is 11.6 Å². The Morgan fingerprint density at radius 1 is 0.542 bits per heavy atom. The monoisotopic (exact) mass is 310 g/mol. The number of hydrogen-bond donors (Lipinski definition) is 0. The summed E-state index contributed by atoms with van der Waals surface area (Å²) in [7, 11) is 0. The zero-order valence-corrected chi connectivity index (χ0v) is 12.9. The molecule has 0 fully saturated rings. The quantitative estimate of drug-likeness (QED) is 0.301. The van der Waals surface area contributed by atoms with E-state index >= 15 is 0 Å². The fourth-order valence-corrected chi connectivity index (χ4v) is 3.09. The van der Waals surface area contributed by atoms with Crippen molar-refractivity contribution >= 4 is 33.1 Å². The van der Waals surface area contributed by atoms with Gasteiger partial charge in [-0.25, -0.2) is 0 Å². The van der Waals surface area contributed by atoms with E-state index in [1.807, 2.05) is 60.7 Å². The number of hydrogen-bond acceptors (Lipinski definition) is 2. The fourth-order valence-electron chi connectivity index (χ4n) is 3.09. The molecule has 0 spiro atoms.